The number of benzene rings is 1. The number of nitrogens with one attached hydrogen (secondary N) is 1. The van der Waals surface area contributed by atoms with E-state index in [1.807, 2.05) is 6.92 Å². The first-order chi connectivity index (χ1) is 9.65. The van der Waals surface area contributed by atoms with E-state index in [0.717, 1.165) is 5.39 Å². The molecule has 0 atom stereocenters. The number of fused-ring (bicyclic) bond motifs is 1. The van der Waals surface area contributed by atoms with Crippen molar-refractivity contribution < 1.29 is 19.4 Å². The van der Waals surface area contributed by atoms with Gasteiger partial charge in [-0.3, -0.25) is 14.7 Å². The van der Waals surface area contributed by atoms with Crippen LogP contribution in [-0.2, 0) is 9.68 Å². The van der Waals surface area contributed by atoms with Crippen molar-refractivity contribution in [2.45, 2.75) is 19.8 Å². The molecule has 0 fully saturated rings. The fourth-order valence-electron chi connectivity index (χ4n) is 1.91. The van der Waals surface area contributed by atoms with Crippen LogP contribution in [0.2, 0.25) is 0 Å². The van der Waals surface area contributed by atoms with Gasteiger partial charge >= 0.3 is 6.03 Å². The first-order valence-electron chi connectivity index (χ1n) is 6.31. The first kappa shape index (κ1) is 14.1. The minimum absolute atomic E-state index is 0.279. The molecule has 2 amide bonds. The number of amides is 2. The van der Waals surface area contributed by atoms with Crippen molar-refractivity contribution in [1.29, 1.82) is 0 Å². The zero-order valence-corrected chi connectivity index (χ0v) is 11.4. The van der Waals surface area contributed by atoms with Crippen LogP contribution in [0.5, 0.6) is 5.75 Å². The molecule has 0 unspecified atom stereocenters. The molecule has 1 aromatic heterocycles. The summed E-state index contributed by atoms with van der Waals surface area (Å²) in [7, 11) is 1.42. The van der Waals surface area contributed by atoms with Crippen molar-refractivity contribution in [3.8, 4) is 5.75 Å². The largest absolute Gasteiger partial charge is 0.338 e. The molecule has 1 aromatic carbocycles. The molecule has 106 valence electrons. The summed E-state index contributed by atoms with van der Waals surface area (Å²) in [6, 6.07) is 6.47. The number of carbonyl (C=O) groups excluding carboxylic acids is 2. The minimum Gasteiger partial charge on any atom is -0.338 e. The lowest BCUT2D eigenvalue weighted by Crippen LogP contribution is -2.33. The SMILES string of the molecule is CCCC(=O)NC(=O)n1ccc2cc(OOC)ccc21. The Hall–Kier alpha value is -2.34. The Kier molecular flexibility index (Phi) is 4.37. The number of imide groups is 1. The second-order valence-corrected chi connectivity index (χ2v) is 4.26. The summed E-state index contributed by atoms with van der Waals surface area (Å²) >= 11 is 0. The highest BCUT2D eigenvalue weighted by molar-refractivity contribution is 6.00. The molecule has 0 spiro atoms. The van der Waals surface area contributed by atoms with E-state index in [2.05, 4.69) is 10.2 Å². The van der Waals surface area contributed by atoms with Gasteiger partial charge in [0.05, 0.1) is 12.6 Å². The van der Waals surface area contributed by atoms with Crippen LogP contribution in [0.15, 0.2) is 30.5 Å². The van der Waals surface area contributed by atoms with Gasteiger partial charge < -0.3 is 4.89 Å². The molecule has 2 rings (SSSR count). The summed E-state index contributed by atoms with van der Waals surface area (Å²) in [6.07, 6.45) is 2.63. The molecule has 0 aliphatic carbocycles. The van der Waals surface area contributed by atoms with Crippen molar-refractivity contribution in [2.24, 2.45) is 0 Å². The van der Waals surface area contributed by atoms with Crippen molar-refractivity contribution in [2.75, 3.05) is 7.11 Å². The summed E-state index contributed by atoms with van der Waals surface area (Å²) < 4.78 is 1.39. The molecule has 6 nitrogen and oxygen atoms in total. The summed E-state index contributed by atoms with van der Waals surface area (Å²) in [6.45, 7) is 1.88. The normalized spacial score (nSPS) is 10.5. The highest BCUT2D eigenvalue weighted by Crippen LogP contribution is 2.22. The predicted octanol–water partition coefficient (Wildman–Crippen LogP) is 2.47. The van der Waals surface area contributed by atoms with Gasteiger partial charge in [0.15, 0.2) is 5.75 Å². The highest BCUT2D eigenvalue weighted by atomic mass is 17.2. The number of hydrogen-bond acceptors (Lipinski definition) is 4. The maximum atomic E-state index is 12.0. The topological polar surface area (TPSA) is 69.6 Å². The molecule has 6 heteroatoms. The fraction of sp³-hybridized carbons (Fsp3) is 0.286. The van der Waals surface area contributed by atoms with Crippen molar-refractivity contribution in [3.63, 3.8) is 0 Å². The van der Waals surface area contributed by atoms with Gasteiger partial charge in [0.2, 0.25) is 5.91 Å². The number of carbonyl (C=O) groups is 2. The molecule has 0 bridgehead atoms. The Morgan fingerprint density at radius 1 is 1.30 bits per heavy atom. The second kappa shape index (κ2) is 6.21. The molecule has 0 saturated carbocycles. The molecule has 0 radical (unpaired) electrons. The van der Waals surface area contributed by atoms with Crippen LogP contribution >= 0.6 is 0 Å². The molecular formula is C14H16N2O4. The van der Waals surface area contributed by atoms with E-state index in [1.165, 1.54) is 11.7 Å². The molecule has 2 aromatic rings. The zero-order chi connectivity index (χ0) is 14.5. The summed E-state index contributed by atoms with van der Waals surface area (Å²) in [5.41, 5.74) is 0.690. The van der Waals surface area contributed by atoms with E-state index in [1.54, 1.807) is 30.5 Å². The Morgan fingerprint density at radius 3 is 2.80 bits per heavy atom. The Morgan fingerprint density at radius 2 is 2.10 bits per heavy atom. The van der Waals surface area contributed by atoms with Gasteiger partial charge in [-0.05, 0) is 30.7 Å². The van der Waals surface area contributed by atoms with Gasteiger partial charge in [0.1, 0.15) is 0 Å². The zero-order valence-electron chi connectivity index (χ0n) is 11.4. The van der Waals surface area contributed by atoms with Crippen LogP contribution in [0.25, 0.3) is 10.9 Å². The van der Waals surface area contributed by atoms with Gasteiger partial charge in [0.25, 0.3) is 0 Å². The molecule has 0 aliphatic heterocycles. The fourth-order valence-corrected chi connectivity index (χ4v) is 1.91. The number of rotatable bonds is 4. The highest BCUT2D eigenvalue weighted by Gasteiger charge is 2.12. The van der Waals surface area contributed by atoms with Crippen LogP contribution in [0.3, 0.4) is 0 Å². The number of nitrogens with zero attached hydrogens (tertiary/aromatic N) is 1. The van der Waals surface area contributed by atoms with Crippen LogP contribution in [0.1, 0.15) is 19.8 Å². The van der Waals surface area contributed by atoms with Crippen molar-refractivity contribution in [1.82, 2.24) is 9.88 Å². The lowest BCUT2D eigenvalue weighted by atomic mass is 10.2. The standard InChI is InChI=1S/C14H16N2O4/c1-3-4-13(17)15-14(18)16-8-7-10-9-11(20-19-2)5-6-12(10)16/h5-9H,3-4H2,1-2H3,(H,15,17,18). The molecule has 0 saturated heterocycles. The van der Waals surface area contributed by atoms with Crippen LogP contribution in [-0.4, -0.2) is 23.6 Å². The molecule has 1 N–H and O–H groups in total. The van der Waals surface area contributed by atoms with E-state index in [0.29, 0.717) is 24.1 Å². The third-order valence-electron chi connectivity index (χ3n) is 2.78. The third-order valence-corrected chi connectivity index (χ3v) is 2.78. The van der Waals surface area contributed by atoms with Gasteiger partial charge in [-0.2, -0.15) is 4.89 Å². The first-order valence-corrected chi connectivity index (χ1v) is 6.31. The summed E-state index contributed by atoms with van der Waals surface area (Å²) in [5, 5.41) is 3.16. The predicted molar refractivity (Wildman–Crippen MR) is 73.4 cm³/mol. The van der Waals surface area contributed by atoms with Crippen molar-refractivity contribution in [3.05, 3.63) is 30.5 Å². The summed E-state index contributed by atoms with van der Waals surface area (Å²) in [4.78, 5) is 32.9. The Labute approximate surface area is 116 Å². The van der Waals surface area contributed by atoms with E-state index in [-0.39, 0.29) is 5.91 Å². The Balaban J connectivity index is 2.22. The average molecular weight is 276 g/mol. The smallest absolute Gasteiger partial charge is 0.332 e. The van der Waals surface area contributed by atoms with Crippen molar-refractivity contribution >= 4 is 22.8 Å². The lowest BCUT2D eigenvalue weighted by molar-refractivity contribution is -0.178. The monoisotopic (exact) mass is 276 g/mol. The van der Waals surface area contributed by atoms with E-state index in [4.69, 9.17) is 4.89 Å². The molecule has 0 aliphatic rings. The van der Waals surface area contributed by atoms with Gasteiger partial charge in [-0.25, -0.2) is 4.79 Å². The van der Waals surface area contributed by atoms with Crippen LogP contribution in [0, 0.1) is 0 Å². The third kappa shape index (κ3) is 2.97. The average Bonchev–Trinajstić information content (AvgIpc) is 2.82. The molecular weight excluding hydrogens is 260 g/mol. The minimum atomic E-state index is -0.459. The maximum Gasteiger partial charge on any atom is 0.332 e. The second-order valence-electron chi connectivity index (χ2n) is 4.26. The van der Waals surface area contributed by atoms with E-state index >= 15 is 0 Å². The lowest BCUT2D eigenvalue weighted by Gasteiger charge is -2.06. The molecule has 1 heterocycles. The van der Waals surface area contributed by atoms with Crippen LogP contribution < -0.4 is 10.2 Å². The van der Waals surface area contributed by atoms with Gasteiger partial charge in [-0.1, -0.05) is 6.92 Å². The Bertz CT molecular complexity index is 633. The molecule has 20 heavy (non-hydrogen) atoms. The number of aromatic nitrogens is 1. The van der Waals surface area contributed by atoms with E-state index in [9.17, 15) is 9.59 Å². The van der Waals surface area contributed by atoms with Gasteiger partial charge in [0, 0.05) is 18.0 Å². The number of hydrogen-bond donors (Lipinski definition) is 1. The van der Waals surface area contributed by atoms with Crippen LogP contribution in [0.4, 0.5) is 4.79 Å². The maximum absolute atomic E-state index is 12.0. The quantitative estimate of drug-likeness (QED) is 0.688. The van der Waals surface area contributed by atoms with E-state index < -0.39 is 6.03 Å². The summed E-state index contributed by atoms with van der Waals surface area (Å²) in [5.74, 6) is 0.263. The van der Waals surface area contributed by atoms with Gasteiger partial charge in [-0.15, -0.1) is 0 Å².